The standard InChI is InChI=1S/C12H22N2O4S/c1-10(7-13-3)8-14(4)19(15,16)11(2)12-9-17-5-6-18-12/h7,11-12H,1,5-6,8-9H2,2-4H3/t11-,12?/m1/s1. The molecule has 1 unspecified atom stereocenters. The van der Waals surface area contributed by atoms with Crippen LogP contribution in [-0.2, 0) is 19.5 Å². The van der Waals surface area contributed by atoms with E-state index in [0.29, 0.717) is 25.4 Å². The lowest BCUT2D eigenvalue weighted by Crippen LogP contribution is -2.46. The van der Waals surface area contributed by atoms with E-state index >= 15 is 0 Å². The Morgan fingerprint density at radius 1 is 1.58 bits per heavy atom. The second-order valence-corrected chi connectivity index (χ2v) is 6.93. The topological polar surface area (TPSA) is 68.2 Å². The Morgan fingerprint density at radius 2 is 2.26 bits per heavy atom. The first kappa shape index (κ1) is 16.3. The maximum Gasteiger partial charge on any atom is 0.219 e. The number of aliphatic imine (C=N–C) groups is 1. The predicted octanol–water partition coefficient (Wildman–Crippen LogP) is 0.309. The highest BCUT2D eigenvalue weighted by Gasteiger charge is 2.34. The molecule has 1 aliphatic rings. The molecule has 1 fully saturated rings. The van der Waals surface area contributed by atoms with Gasteiger partial charge in [0.05, 0.1) is 25.9 Å². The zero-order valence-corrected chi connectivity index (χ0v) is 12.5. The molecule has 0 radical (unpaired) electrons. The lowest BCUT2D eigenvalue weighted by Gasteiger charge is -2.30. The molecular weight excluding hydrogens is 268 g/mol. The van der Waals surface area contributed by atoms with Gasteiger partial charge in [-0.15, -0.1) is 0 Å². The predicted molar refractivity (Wildman–Crippen MR) is 75.1 cm³/mol. The van der Waals surface area contributed by atoms with Crippen LogP contribution < -0.4 is 0 Å². The normalized spacial score (nSPS) is 22.8. The molecule has 19 heavy (non-hydrogen) atoms. The zero-order chi connectivity index (χ0) is 14.5. The van der Waals surface area contributed by atoms with Crippen molar-refractivity contribution in [2.45, 2.75) is 18.3 Å². The highest BCUT2D eigenvalue weighted by molar-refractivity contribution is 7.89. The maximum atomic E-state index is 12.4. The van der Waals surface area contributed by atoms with Gasteiger partial charge in [-0.1, -0.05) is 6.58 Å². The first-order chi connectivity index (χ1) is 8.89. The largest absolute Gasteiger partial charge is 0.376 e. The Labute approximate surface area is 115 Å². The Bertz CT molecular complexity index is 427. The van der Waals surface area contributed by atoms with Crippen LogP contribution in [0.5, 0.6) is 0 Å². The highest BCUT2D eigenvalue weighted by atomic mass is 32.2. The summed E-state index contributed by atoms with van der Waals surface area (Å²) >= 11 is 0. The van der Waals surface area contributed by atoms with E-state index < -0.39 is 21.4 Å². The third-order valence-corrected chi connectivity index (χ3v) is 5.25. The monoisotopic (exact) mass is 290 g/mol. The second kappa shape index (κ2) is 7.14. The number of sulfonamides is 1. The van der Waals surface area contributed by atoms with E-state index in [1.165, 1.54) is 11.4 Å². The third kappa shape index (κ3) is 4.38. The van der Waals surface area contributed by atoms with Gasteiger partial charge in [-0.25, -0.2) is 12.7 Å². The smallest absolute Gasteiger partial charge is 0.219 e. The van der Waals surface area contributed by atoms with Crippen LogP contribution in [0.25, 0.3) is 0 Å². The summed E-state index contributed by atoms with van der Waals surface area (Å²) in [5.41, 5.74) is 0.640. The fraction of sp³-hybridized carbons (Fsp3) is 0.750. The van der Waals surface area contributed by atoms with Gasteiger partial charge in [0.1, 0.15) is 5.25 Å². The first-order valence-corrected chi connectivity index (χ1v) is 7.64. The van der Waals surface area contributed by atoms with Crippen LogP contribution in [0.1, 0.15) is 6.92 Å². The number of rotatable bonds is 6. The summed E-state index contributed by atoms with van der Waals surface area (Å²) < 4.78 is 36.7. The lowest BCUT2D eigenvalue weighted by molar-refractivity contribution is -0.0875. The fourth-order valence-corrected chi connectivity index (χ4v) is 3.31. The van der Waals surface area contributed by atoms with E-state index in [1.807, 2.05) is 0 Å². The number of likely N-dealkylation sites (N-methyl/N-ethyl adjacent to an activating group) is 1. The van der Waals surface area contributed by atoms with Gasteiger partial charge in [-0.3, -0.25) is 4.99 Å². The fourth-order valence-electron chi connectivity index (χ4n) is 1.85. The van der Waals surface area contributed by atoms with Gasteiger partial charge >= 0.3 is 0 Å². The Morgan fingerprint density at radius 3 is 2.79 bits per heavy atom. The minimum atomic E-state index is -3.45. The molecule has 0 N–H and O–H groups in total. The molecule has 1 rings (SSSR count). The summed E-state index contributed by atoms with van der Waals surface area (Å²) in [6, 6.07) is 0. The van der Waals surface area contributed by atoms with E-state index in [-0.39, 0.29) is 6.54 Å². The van der Waals surface area contributed by atoms with Gasteiger partial charge in [0, 0.05) is 26.9 Å². The molecule has 0 aromatic heterocycles. The zero-order valence-electron chi connectivity index (χ0n) is 11.7. The molecule has 0 saturated carbocycles. The van der Waals surface area contributed by atoms with E-state index in [2.05, 4.69) is 11.6 Å². The Kier molecular flexibility index (Phi) is 6.12. The van der Waals surface area contributed by atoms with Crippen molar-refractivity contribution in [3.8, 4) is 0 Å². The van der Waals surface area contributed by atoms with E-state index in [0.717, 1.165) is 0 Å². The molecule has 0 bridgehead atoms. The molecule has 0 aliphatic carbocycles. The van der Waals surface area contributed by atoms with Gasteiger partial charge in [0.2, 0.25) is 10.0 Å². The van der Waals surface area contributed by atoms with Crippen LogP contribution in [0.2, 0.25) is 0 Å². The molecule has 7 heteroatoms. The molecular formula is C12H22N2O4S. The van der Waals surface area contributed by atoms with Crippen molar-refractivity contribution in [2.24, 2.45) is 4.99 Å². The first-order valence-electron chi connectivity index (χ1n) is 6.14. The van der Waals surface area contributed by atoms with E-state index in [4.69, 9.17) is 9.47 Å². The number of hydrogen-bond acceptors (Lipinski definition) is 5. The molecule has 0 aromatic rings. The molecule has 1 aliphatic heterocycles. The van der Waals surface area contributed by atoms with Crippen molar-refractivity contribution in [3.05, 3.63) is 12.2 Å². The number of nitrogens with zero attached hydrogens (tertiary/aromatic N) is 2. The highest BCUT2D eigenvalue weighted by Crippen LogP contribution is 2.16. The summed E-state index contributed by atoms with van der Waals surface area (Å²) in [6.45, 7) is 6.88. The summed E-state index contributed by atoms with van der Waals surface area (Å²) in [5.74, 6) is 0. The summed E-state index contributed by atoms with van der Waals surface area (Å²) in [4.78, 5) is 3.81. The second-order valence-electron chi connectivity index (χ2n) is 4.54. The molecule has 0 spiro atoms. The van der Waals surface area contributed by atoms with E-state index in [9.17, 15) is 8.42 Å². The van der Waals surface area contributed by atoms with Gasteiger partial charge in [-0.2, -0.15) is 0 Å². The minimum Gasteiger partial charge on any atom is -0.376 e. The molecule has 1 saturated heterocycles. The van der Waals surface area contributed by atoms with Crippen molar-refractivity contribution in [1.29, 1.82) is 0 Å². The molecule has 110 valence electrons. The van der Waals surface area contributed by atoms with Crippen molar-refractivity contribution in [2.75, 3.05) is 40.5 Å². The van der Waals surface area contributed by atoms with Crippen molar-refractivity contribution < 1.29 is 17.9 Å². The Hall–Kier alpha value is -0.760. The molecule has 6 nitrogen and oxygen atoms in total. The molecule has 0 aromatic carbocycles. The molecule has 0 amide bonds. The average Bonchev–Trinajstić information content (AvgIpc) is 2.39. The van der Waals surface area contributed by atoms with Gasteiger partial charge in [0.25, 0.3) is 0 Å². The summed E-state index contributed by atoms with van der Waals surface area (Å²) in [5, 5.41) is -0.649. The van der Waals surface area contributed by atoms with Crippen molar-refractivity contribution >= 4 is 16.2 Å². The Balaban J connectivity index is 2.69. The lowest BCUT2D eigenvalue weighted by atomic mass is 10.3. The van der Waals surface area contributed by atoms with Crippen LogP contribution in [0, 0.1) is 0 Å². The molecule has 2 atom stereocenters. The quantitative estimate of drug-likeness (QED) is 0.660. The van der Waals surface area contributed by atoms with Gasteiger partial charge in [-0.05, 0) is 12.5 Å². The van der Waals surface area contributed by atoms with E-state index in [1.54, 1.807) is 20.2 Å². The van der Waals surface area contributed by atoms with Crippen LogP contribution in [-0.4, -0.2) is 70.8 Å². The maximum absolute atomic E-state index is 12.4. The number of ether oxygens (including phenoxy) is 2. The summed E-state index contributed by atoms with van der Waals surface area (Å²) in [6.07, 6.45) is 1.13. The van der Waals surface area contributed by atoms with Crippen molar-refractivity contribution in [3.63, 3.8) is 0 Å². The number of hydrogen-bond donors (Lipinski definition) is 0. The van der Waals surface area contributed by atoms with Crippen molar-refractivity contribution in [1.82, 2.24) is 4.31 Å². The SMILES string of the molecule is C=C(C=NC)CN(C)S(=O)(=O)[C@H](C)C1COCCO1. The summed E-state index contributed by atoms with van der Waals surface area (Å²) in [7, 11) is -0.294. The van der Waals surface area contributed by atoms with Gasteiger partial charge < -0.3 is 9.47 Å². The molecule has 1 heterocycles. The minimum absolute atomic E-state index is 0.220. The van der Waals surface area contributed by atoms with Crippen LogP contribution in [0.15, 0.2) is 17.1 Å². The van der Waals surface area contributed by atoms with Crippen LogP contribution in [0.4, 0.5) is 0 Å². The third-order valence-electron chi connectivity index (χ3n) is 3.01. The van der Waals surface area contributed by atoms with Crippen LogP contribution in [0.3, 0.4) is 0 Å². The van der Waals surface area contributed by atoms with Gasteiger partial charge in [0.15, 0.2) is 0 Å². The average molecular weight is 290 g/mol. The van der Waals surface area contributed by atoms with Crippen LogP contribution >= 0.6 is 0 Å².